The van der Waals surface area contributed by atoms with E-state index in [2.05, 4.69) is 66.8 Å². The summed E-state index contributed by atoms with van der Waals surface area (Å²) in [5.74, 6) is 0.926. The Kier molecular flexibility index (Phi) is 7.04. The number of rotatable bonds is 9. The van der Waals surface area contributed by atoms with Crippen LogP contribution in [0.1, 0.15) is 24.0 Å². The lowest BCUT2D eigenvalue weighted by molar-refractivity contribution is -0.121. The highest BCUT2D eigenvalue weighted by molar-refractivity contribution is 5.88. The zero-order valence-electron chi connectivity index (χ0n) is 16.7. The van der Waals surface area contributed by atoms with Crippen LogP contribution in [0.3, 0.4) is 0 Å². The van der Waals surface area contributed by atoms with Gasteiger partial charge in [-0.2, -0.15) is 0 Å². The Balaban J connectivity index is 1.39. The van der Waals surface area contributed by atoms with E-state index in [0.29, 0.717) is 26.0 Å². The van der Waals surface area contributed by atoms with Gasteiger partial charge in [-0.1, -0.05) is 60.7 Å². The second kappa shape index (κ2) is 9.90. The second-order valence-corrected chi connectivity index (χ2v) is 7.26. The predicted octanol–water partition coefficient (Wildman–Crippen LogP) is 4.38. The van der Waals surface area contributed by atoms with E-state index in [4.69, 9.17) is 4.74 Å². The van der Waals surface area contributed by atoms with E-state index in [9.17, 15) is 4.79 Å². The SMILES string of the molecule is CN(C)Cc1ccc(CNC(=O)CCCOc2cccc3ccccc23)cc1. The van der Waals surface area contributed by atoms with Crippen LogP contribution in [-0.2, 0) is 17.9 Å². The standard InChI is InChI=1S/C24H28N2O2/c1-26(2)18-20-14-12-19(13-15-20)17-25-24(27)11-6-16-28-23-10-5-8-21-7-3-4-9-22(21)23/h3-5,7-10,12-15H,6,11,16-18H2,1-2H3,(H,25,27). The van der Waals surface area contributed by atoms with Gasteiger partial charge < -0.3 is 15.0 Å². The number of benzene rings is 3. The number of hydrogen-bond donors (Lipinski definition) is 1. The van der Waals surface area contributed by atoms with Crippen molar-refractivity contribution in [2.45, 2.75) is 25.9 Å². The molecule has 0 saturated heterocycles. The van der Waals surface area contributed by atoms with Crippen LogP contribution >= 0.6 is 0 Å². The Morgan fingerprint density at radius 3 is 2.43 bits per heavy atom. The maximum Gasteiger partial charge on any atom is 0.220 e. The van der Waals surface area contributed by atoms with Gasteiger partial charge >= 0.3 is 0 Å². The monoisotopic (exact) mass is 376 g/mol. The second-order valence-electron chi connectivity index (χ2n) is 7.26. The summed E-state index contributed by atoms with van der Waals surface area (Å²) < 4.78 is 5.89. The lowest BCUT2D eigenvalue weighted by atomic mass is 10.1. The molecule has 3 aromatic carbocycles. The predicted molar refractivity (Wildman–Crippen MR) is 114 cm³/mol. The fraction of sp³-hybridized carbons (Fsp3) is 0.292. The van der Waals surface area contributed by atoms with Crippen molar-refractivity contribution in [1.29, 1.82) is 0 Å². The van der Waals surface area contributed by atoms with E-state index in [1.807, 2.05) is 24.3 Å². The van der Waals surface area contributed by atoms with E-state index in [0.717, 1.165) is 28.6 Å². The molecule has 0 aliphatic rings. The minimum absolute atomic E-state index is 0.0545. The average Bonchev–Trinajstić information content (AvgIpc) is 2.70. The number of fused-ring (bicyclic) bond motifs is 1. The first-order chi connectivity index (χ1) is 13.6. The van der Waals surface area contributed by atoms with Gasteiger partial charge in [0, 0.05) is 24.9 Å². The molecule has 0 fully saturated rings. The van der Waals surface area contributed by atoms with E-state index >= 15 is 0 Å². The Morgan fingerprint density at radius 2 is 1.64 bits per heavy atom. The number of hydrogen-bond acceptors (Lipinski definition) is 3. The highest BCUT2D eigenvalue weighted by Gasteiger charge is 2.04. The molecule has 0 atom stereocenters. The molecule has 1 amide bonds. The molecule has 4 heteroatoms. The van der Waals surface area contributed by atoms with Gasteiger partial charge in [-0.3, -0.25) is 4.79 Å². The van der Waals surface area contributed by atoms with Gasteiger partial charge in [-0.25, -0.2) is 0 Å². The summed E-state index contributed by atoms with van der Waals surface area (Å²) in [5, 5.41) is 5.25. The Hall–Kier alpha value is -2.85. The first-order valence-electron chi connectivity index (χ1n) is 9.71. The lowest BCUT2D eigenvalue weighted by Crippen LogP contribution is -2.23. The summed E-state index contributed by atoms with van der Waals surface area (Å²) in [6.45, 7) is 2.01. The quantitative estimate of drug-likeness (QED) is 0.564. The maximum atomic E-state index is 12.1. The van der Waals surface area contributed by atoms with Crippen LogP contribution < -0.4 is 10.1 Å². The molecule has 3 aromatic rings. The summed E-state index contributed by atoms with van der Waals surface area (Å²) in [6.07, 6.45) is 1.15. The van der Waals surface area contributed by atoms with Gasteiger partial charge in [0.15, 0.2) is 0 Å². The van der Waals surface area contributed by atoms with Crippen LogP contribution in [0.2, 0.25) is 0 Å². The minimum Gasteiger partial charge on any atom is -0.493 e. The van der Waals surface area contributed by atoms with E-state index in [1.54, 1.807) is 0 Å². The van der Waals surface area contributed by atoms with Crippen LogP contribution in [0.15, 0.2) is 66.7 Å². The van der Waals surface area contributed by atoms with Crippen molar-refractivity contribution >= 4 is 16.7 Å². The summed E-state index contributed by atoms with van der Waals surface area (Å²) in [7, 11) is 4.11. The first-order valence-corrected chi connectivity index (χ1v) is 9.71. The van der Waals surface area contributed by atoms with Crippen molar-refractivity contribution < 1.29 is 9.53 Å². The van der Waals surface area contributed by atoms with Crippen molar-refractivity contribution in [2.24, 2.45) is 0 Å². The van der Waals surface area contributed by atoms with Crippen molar-refractivity contribution in [3.63, 3.8) is 0 Å². The minimum atomic E-state index is 0.0545. The highest BCUT2D eigenvalue weighted by Crippen LogP contribution is 2.25. The summed E-state index contributed by atoms with van der Waals surface area (Å²) in [5.41, 5.74) is 2.38. The Morgan fingerprint density at radius 1 is 0.929 bits per heavy atom. The number of carbonyl (C=O) groups is 1. The van der Waals surface area contributed by atoms with Crippen LogP contribution in [0.25, 0.3) is 10.8 Å². The fourth-order valence-electron chi connectivity index (χ4n) is 3.15. The molecule has 3 rings (SSSR count). The molecule has 0 aliphatic heterocycles. The Bertz CT molecular complexity index is 899. The number of nitrogens with zero attached hydrogens (tertiary/aromatic N) is 1. The molecule has 0 radical (unpaired) electrons. The molecule has 4 nitrogen and oxygen atoms in total. The number of ether oxygens (including phenoxy) is 1. The smallest absolute Gasteiger partial charge is 0.220 e. The molecule has 0 spiro atoms. The molecule has 0 heterocycles. The molecular weight excluding hydrogens is 348 g/mol. The van der Waals surface area contributed by atoms with Gasteiger partial charge in [0.2, 0.25) is 5.91 Å². The van der Waals surface area contributed by atoms with Gasteiger partial charge in [-0.15, -0.1) is 0 Å². The van der Waals surface area contributed by atoms with E-state index in [1.165, 1.54) is 5.56 Å². The van der Waals surface area contributed by atoms with Crippen LogP contribution in [0, 0.1) is 0 Å². The summed E-state index contributed by atoms with van der Waals surface area (Å²) in [4.78, 5) is 14.2. The lowest BCUT2D eigenvalue weighted by Gasteiger charge is -2.11. The number of nitrogens with one attached hydrogen (secondary N) is 1. The Labute approximate surface area is 167 Å². The third-order valence-electron chi connectivity index (χ3n) is 4.57. The van der Waals surface area contributed by atoms with Crippen molar-refractivity contribution in [1.82, 2.24) is 10.2 Å². The van der Waals surface area contributed by atoms with E-state index in [-0.39, 0.29) is 5.91 Å². The van der Waals surface area contributed by atoms with Crippen LogP contribution in [-0.4, -0.2) is 31.5 Å². The van der Waals surface area contributed by atoms with Crippen molar-refractivity contribution in [3.05, 3.63) is 77.9 Å². The van der Waals surface area contributed by atoms with Crippen LogP contribution in [0.4, 0.5) is 0 Å². The molecule has 28 heavy (non-hydrogen) atoms. The highest BCUT2D eigenvalue weighted by atomic mass is 16.5. The first kappa shape index (κ1) is 19.9. The summed E-state index contributed by atoms with van der Waals surface area (Å²) >= 11 is 0. The zero-order valence-corrected chi connectivity index (χ0v) is 16.7. The average molecular weight is 376 g/mol. The summed E-state index contributed by atoms with van der Waals surface area (Å²) in [6, 6.07) is 22.6. The van der Waals surface area contributed by atoms with Gasteiger partial charge in [-0.05, 0) is 43.1 Å². The van der Waals surface area contributed by atoms with Gasteiger partial charge in [0.05, 0.1) is 6.61 Å². The third-order valence-corrected chi connectivity index (χ3v) is 4.57. The largest absolute Gasteiger partial charge is 0.493 e. The van der Waals surface area contributed by atoms with Crippen LogP contribution in [0.5, 0.6) is 5.75 Å². The molecule has 0 unspecified atom stereocenters. The normalized spacial score (nSPS) is 11.0. The zero-order chi connectivity index (χ0) is 19.8. The van der Waals surface area contributed by atoms with Gasteiger partial charge in [0.25, 0.3) is 0 Å². The van der Waals surface area contributed by atoms with E-state index < -0.39 is 0 Å². The molecule has 0 aromatic heterocycles. The van der Waals surface area contributed by atoms with Crippen molar-refractivity contribution in [2.75, 3.05) is 20.7 Å². The molecule has 0 saturated carbocycles. The van der Waals surface area contributed by atoms with Gasteiger partial charge in [0.1, 0.15) is 5.75 Å². The number of carbonyl (C=O) groups excluding carboxylic acids is 1. The fourth-order valence-corrected chi connectivity index (χ4v) is 3.15. The molecule has 0 bridgehead atoms. The van der Waals surface area contributed by atoms with Crippen molar-refractivity contribution in [3.8, 4) is 5.75 Å². The third kappa shape index (κ3) is 5.83. The maximum absolute atomic E-state index is 12.1. The number of amides is 1. The molecule has 146 valence electrons. The topological polar surface area (TPSA) is 41.6 Å². The molecular formula is C24H28N2O2. The molecule has 0 aliphatic carbocycles. The molecule has 1 N–H and O–H groups in total.